The fourth-order valence-corrected chi connectivity index (χ4v) is 2.27. The van der Waals surface area contributed by atoms with Gasteiger partial charge in [0, 0.05) is 6.20 Å². The molecule has 1 amide bonds. The topological polar surface area (TPSA) is 75.0 Å². The average molecular weight is 309 g/mol. The lowest BCUT2D eigenvalue weighted by atomic mass is 10.1. The number of hydrazone groups is 1. The number of methoxy groups -OCH3 is 1. The Hall–Kier alpha value is -3.15. The number of amides is 1. The predicted octanol–water partition coefficient (Wildman–Crippen LogP) is 2.60. The molecule has 1 aromatic carbocycles. The van der Waals surface area contributed by atoms with Crippen LogP contribution < -0.4 is 9.75 Å². The number of nitrogens with zero attached hydrogens (tertiary/aromatic N) is 3. The summed E-state index contributed by atoms with van der Waals surface area (Å²) in [7, 11) is 1.47. The second-order valence-corrected chi connectivity index (χ2v) is 4.98. The molecule has 2 heterocycles. The van der Waals surface area contributed by atoms with E-state index in [0.29, 0.717) is 22.9 Å². The largest absolute Gasteiger partial charge is 0.504 e. The minimum atomic E-state index is -0.242. The number of pyridine rings is 1. The van der Waals surface area contributed by atoms with Gasteiger partial charge in [-0.15, -0.1) is 0 Å². The number of phenols is 1. The van der Waals surface area contributed by atoms with E-state index in [2.05, 4.69) is 10.1 Å². The van der Waals surface area contributed by atoms with Gasteiger partial charge in [0.2, 0.25) is 0 Å². The summed E-state index contributed by atoms with van der Waals surface area (Å²) in [5.74, 6) is 0.630. The minimum absolute atomic E-state index is 0.0490. The summed E-state index contributed by atoms with van der Waals surface area (Å²) < 4.78 is 5.08. The number of aromatic nitrogens is 1. The molecule has 2 aromatic rings. The fraction of sp³-hybridized carbons (Fsp3) is 0.118. The van der Waals surface area contributed by atoms with E-state index in [-0.39, 0.29) is 11.7 Å². The van der Waals surface area contributed by atoms with Crippen LogP contribution in [0.3, 0.4) is 0 Å². The maximum atomic E-state index is 12.6. The summed E-state index contributed by atoms with van der Waals surface area (Å²) >= 11 is 0. The number of ether oxygens (including phenoxy) is 1. The van der Waals surface area contributed by atoms with E-state index in [1.54, 1.807) is 49.5 Å². The van der Waals surface area contributed by atoms with Gasteiger partial charge in [-0.05, 0) is 42.8 Å². The highest BCUT2D eigenvalue weighted by Gasteiger charge is 2.29. The summed E-state index contributed by atoms with van der Waals surface area (Å²) in [5.41, 5.74) is 1.82. The molecule has 0 spiro atoms. The highest BCUT2D eigenvalue weighted by molar-refractivity contribution is 6.31. The van der Waals surface area contributed by atoms with Crippen molar-refractivity contribution in [3.63, 3.8) is 0 Å². The second-order valence-electron chi connectivity index (χ2n) is 4.98. The van der Waals surface area contributed by atoms with Crippen LogP contribution in [0.1, 0.15) is 12.5 Å². The van der Waals surface area contributed by atoms with Crippen molar-refractivity contribution >= 4 is 23.5 Å². The van der Waals surface area contributed by atoms with Crippen molar-refractivity contribution in [2.45, 2.75) is 6.92 Å². The molecule has 1 aromatic heterocycles. The quantitative estimate of drug-likeness (QED) is 0.884. The van der Waals surface area contributed by atoms with Gasteiger partial charge < -0.3 is 9.84 Å². The van der Waals surface area contributed by atoms with Crippen molar-refractivity contribution in [3.05, 3.63) is 53.7 Å². The van der Waals surface area contributed by atoms with Crippen molar-refractivity contribution in [2.75, 3.05) is 12.1 Å². The molecule has 0 radical (unpaired) electrons. The maximum absolute atomic E-state index is 12.6. The first kappa shape index (κ1) is 14.8. The summed E-state index contributed by atoms with van der Waals surface area (Å²) in [4.78, 5) is 16.7. The molecule has 1 aliphatic heterocycles. The smallest absolute Gasteiger partial charge is 0.282 e. The number of carbonyl (C=O) groups is 1. The van der Waals surface area contributed by atoms with Crippen LogP contribution in [0.2, 0.25) is 0 Å². The summed E-state index contributed by atoms with van der Waals surface area (Å²) in [6, 6.07) is 10.2. The first-order valence-electron chi connectivity index (χ1n) is 7.00. The number of hydrogen-bond donors (Lipinski definition) is 1. The van der Waals surface area contributed by atoms with E-state index in [9.17, 15) is 9.90 Å². The normalized spacial score (nSPS) is 15.9. The first-order chi connectivity index (χ1) is 11.1. The lowest BCUT2D eigenvalue weighted by molar-refractivity contribution is -0.114. The lowest BCUT2D eigenvalue weighted by Gasteiger charge is -2.09. The number of benzene rings is 1. The molecule has 0 bridgehead atoms. The summed E-state index contributed by atoms with van der Waals surface area (Å²) in [6.45, 7) is 1.77. The Morgan fingerprint density at radius 3 is 2.78 bits per heavy atom. The van der Waals surface area contributed by atoms with Gasteiger partial charge in [-0.3, -0.25) is 4.79 Å². The van der Waals surface area contributed by atoms with Crippen molar-refractivity contribution in [2.24, 2.45) is 5.10 Å². The summed E-state index contributed by atoms with van der Waals surface area (Å²) in [5, 5.41) is 15.2. The van der Waals surface area contributed by atoms with E-state index < -0.39 is 0 Å². The van der Waals surface area contributed by atoms with Gasteiger partial charge in [0.15, 0.2) is 17.3 Å². The predicted molar refractivity (Wildman–Crippen MR) is 87.5 cm³/mol. The van der Waals surface area contributed by atoms with Crippen molar-refractivity contribution < 1.29 is 14.6 Å². The molecule has 116 valence electrons. The van der Waals surface area contributed by atoms with E-state index in [1.807, 2.05) is 0 Å². The third-order valence-corrected chi connectivity index (χ3v) is 3.44. The molecule has 6 nitrogen and oxygen atoms in total. The molecule has 0 aliphatic carbocycles. The van der Waals surface area contributed by atoms with Crippen molar-refractivity contribution in [1.82, 2.24) is 4.98 Å². The molecule has 0 saturated heterocycles. The van der Waals surface area contributed by atoms with Crippen LogP contribution in [-0.4, -0.2) is 28.8 Å². The highest BCUT2D eigenvalue weighted by Crippen LogP contribution is 2.29. The number of hydrogen-bond acceptors (Lipinski definition) is 5. The Morgan fingerprint density at radius 2 is 2.09 bits per heavy atom. The number of anilines is 1. The molecule has 3 rings (SSSR count). The van der Waals surface area contributed by atoms with Crippen LogP contribution in [0, 0.1) is 0 Å². The lowest BCUT2D eigenvalue weighted by Crippen LogP contribution is -2.22. The standard InChI is InChI=1S/C17H15N3O3/c1-11-13(9-12-6-7-14(21)15(10-12)23-2)17(22)20(19-11)16-5-3-4-8-18-16/h3-10,21H,1-2H3. The zero-order valence-electron chi connectivity index (χ0n) is 12.7. The van der Waals surface area contributed by atoms with Crippen LogP contribution in [0.5, 0.6) is 11.5 Å². The van der Waals surface area contributed by atoms with Crippen molar-refractivity contribution in [1.29, 1.82) is 0 Å². The van der Waals surface area contributed by atoms with Gasteiger partial charge in [0.25, 0.3) is 5.91 Å². The zero-order valence-corrected chi connectivity index (χ0v) is 12.7. The number of carbonyl (C=O) groups excluding carboxylic acids is 1. The molecule has 0 fully saturated rings. The zero-order chi connectivity index (χ0) is 16.4. The Kier molecular flexibility index (Phi) is 3.80. The molecule has 1 aliphatic rings. The Bertz CT molecular complexity index is 813. The maximum Gasteiger partial charge on any atom is 0.282 e. The molecular formula is C17H15N3O3. The molecule has 6 heteroatoms. The van der Waals surface area contributed by atoms with E-state index in [1.165, 1.54) is 18.2 Å². The average Bonchev–Trinajstić information content (AvgIpc) is 2.85. The first-order valence-corrected chi connectivity index (χ1v) is 7.00. The molecule has 1 N–H and O–H groups in total. The number of aromatic hydroxyl groups is 1. The molecule has 23 heavy (non-hydrogen) atoms. The monoisotopic (exact) mass is 309 g/mol. The Balaban J connectivity index is 1.95. The van der Waals surface area contributed by atoms with Gasteiger partial charge in [-0.1, -0.05) is 12.1 Å². The van der Waals surface area contributed by atoms with Gasteiger partial charge in [0.1, 0.15) is 0 Å². The molecular weight excluding hydrogens is 294 g/mol. The van der Waals surface area contributed by atoms with E-state index >= 15 is 0 Å². The van der Waals surface area contributed by atoms with Crippen LogP contribution in [0.4, 0.5) is 5.82 Å². The van der Waals surface area contributed by atoms with E-state index in [0.717, 1.165) is 5.56 Å². The Labute approximate surface area is 133 Å². The summed E-state index contributed by atoms with van der Waals surface area (Å²) in [6.07, 6.45) is 3.33. The van der Waals surface area contributed by atoms with Gasteiger partial charge >= 0.3 is 0 Å². The van der Waals surface area contributed by atoms with Crippen LogP contribution >= 0.6 is 0 Å². The van der Waals surface area contributed by atoms with Crippen LogP contribution in [-0.2, 0) is 4.79 Å². The van der Waals surface area contributed by atoms with Gasteiger partial charge in [-0.25, -0.2) is 4.98 Å². The molecule has 0 saturated carbocycles. The van der Waals surface area contributed by atoms with Crippen molar-refractivity contribution in [3.8, 4) is 11.5 Å². The fourth-order valence-electron chi connectivity index (χ4n) is 2.27. The van der Waals surface area contributed by atoms with E-state index in [4.69, 9.17) is 4.74 Å². The van der Waals surface area contributed by atoms with Crippen LogP contribution in [0.25, 0.3) is 6.08 Å². The number of rotatable bonds is 3. The molecule has 0 unspecified atom stereocenters. The highest BCUT2D eigenvalue weighted by atomic mass is 16.5. The second kappa shape index (κ2) is 5.92. The minimum Gasteiger partial charge on any atom is -0.504 e. The van der Waals surface area contributed by atoms with Gasteiger partial charge in [0.05, 0.1) is 18.4 Å². The third-order valence-electron chi connectivity index (χ3n) is 3.44. The molecule has 0 atom stereocenters. The Morgan fingerprint density at radius 1 is 1.26 bits per heavy atom. The third kappa shape index (κ3) is 2.78. The number of phenolic OH excluding ortho intramolecular Hbond substituents is 1. The van der Waals surface area contributed by atoms with Crippen LogP contribution in [0.15, 0.2) is 53.3 Å². The van der Waals surface area contributed by atoms with Gasteiger partial charge in [-0.2, -0.15) is 10.1 Å². The SMILES string of the molecule is COc1cc(C=C2C(=O)N(c3ccccn3)N=C2C)ccc1O.